The maximum Gasteiger partial charge on any atom is 0.264 e. The van der Waals surface area contributed by atoms with Gasteiger partial charge in [-0.25, -0.2) is 8.42 Å². The largest absolute Gasteiger partial charge is 0.352 e. The van der Waals surface area contributed by atoms with E-state index in [1.54, 1.807) is 55.5 Å². The van der Waals surface area contributed by atoms with Crippen molar-refractivity contribution in [3.05, 3.63) is 90.0 Å². The lowest BCUT2D eigenvalue weighted by Gasteiger charge is -2.23. The Balaban J connectivity index is 1.87. The van der Waals surface area contributed by atoms with Crippen molar-refractivity contribution >= 4 is 33.2 Å². The van der Waals surface area contributed by atoms with E-state index in [1.165, 1.54) is 28.6 Å². The highest BCUT2D eigenvalue weighted by molar-refractivity contribution is 7.92. The fraction of sp³-hybridized carbons (Fsp3) is 0.200. The van der Waals surface area contributed by atoms with E-state index in [0.717, 1.165) is 6.42 Å². The predicted molar refractivity (Wildman–Crippen MR) is 130 cm³/mol. The second-order valence-corrected chi connectivity index (χ2v) is 9.15. The first-order valence-electron chi connectivity index (χ1n) is 10.7. The molecule has 3 aromatic carbocycles. The molecule has 172 valence electrons. The Morgan fingerprint density at radius 2 is 1.55 bits per heavy atom. The van der Waals surface area contributed by atoms with E-state index in [2.05, 4.69) is 10.6 Å². The zero-order valence-electron chi connectivity index (χ0n) is 18.6. The first-order chi connectivity index (χ1) is 15.9. The van der Waals surface area contributed by atoms with Crippen LogP contribution in [0.2, 0.25) is 0 Å². The van der Waals surface area contributed by atoms with Crippen molar-refractivity contribution in [1.29, 1.82) is 0 Å². The molecule has 0 aliphatic carbocycles. The van der Waals surface area contributed by atoms with Crippen LogP contribution in [0.25, 0.3) is 0 Å². The molecule has 0 aliphatic rings. The lowest BCUT2D eigenvalue weighted by molar-refractivity contribution is 0.0954. The van der Waals surface area contributed by atoms with E-state index in [9.17, 15) is 18.0 Å². The van der Waals surface area contributed by atoms with Gasteiger partial charge in [0.15, 0.2) is 0 Å². The molecule has 33 heavy (non-hydrogen) atoms. The van der Waals surface area contributed by atoms with E-state index in [0.29, 0.717) is 23.5 Å². The Hall–Kier alpha value is -3.65. The van der Waals surface area contributed by atoms with Crippen molar-refractivity contribution in [3.8, 4) is 0 Å². The Bertz CT molecular complexity index is 1230. The van der Waals surface area contributed by atoms with E-state index in [1.807, 2.05) is 13.0 Å². The van der Waals surface area contributed by atoms with Crippen molar-refractivity contribution < 1.29 is 18.0 Å². The van der Waals surface area contributed by atoms with Gasteiger partial charge in [0, 0.05) is 18.7 Å². The van der Waals surface area contributed by atoms with Gasteiger partial charge < -0.3 is 10.6 Å². The molecule has 3 aromatic rings. The van der Waals surface area contributed by atoms with Crippen molar-refractivity contribution in [2.45, 2.75) is 25.2 Å². The summed E-state index contributed by atoms with van der Waals surface area (Å²) in [4.78, 5) is 25.4. The molecule has 0 radical (unpaired) electrons. The number of amides is 2. The first-order valence-corrected chi connectivity index (χ1v) is 12.2. The van der Waals surface area contributed by atoms with Gasteiger partial charge in [-0.2, -0.15) is 0 Å². The van der Waals surface area contributed by atoms with Gasteiger partial charge in [-0.1, -0.05) is 43.3 Å². The maximum atomic E-state index is 13.3. The zero-order valence-corrected chi connectivity index (χ0v) is 19.4. The summed E-state index contributed by atoms with van der Waals surface area (Å²) in [6, 6.07) is 21.3. The van der Waals surface area contributed by atoms with Crippen LogP contribution in [0.1, 0.15) is 41.0 Å². The molecule has 2 N–H and O–H groups in total. The van der Waals surface area contributed by atoms with Gasteiger partial charge in [-0.15, -0.1) is 0 Å². The number of carbonyl (C=O) groups is 2. The third kappa shape index (κ3) is 5.59. The number of sulfonamides is 1. The van der Waals surface area contributed by atoms with Crippen LogP contribution in [0.5, 0.6) is 0 Å². The molecular weight excluding hydrogens is 438 g/mol. The topological polar surface area (TPSA) is 95.6 Å². The van der Waals surface area contributed by atoms with Crippen LogP contribution in [-0.2, 0) is 10.0 Å². The van der Waals surface area contributed by atoms with Crippen LogP contribution in [0.3, 0.4) is 0 Å². The van der Waals surface area contributed by atoms with Gasteiger partial charge in [0.25, 0.3) is 21.8 Å². The Morgan fingerprint density at radius 3 is 2.24 bits per heavy atom. The number of nitrogens with one attached hydrogen (secondary N) is 2. The molecule has 7 nitrogen and oxygen atoms in total. The Morgan fingerprint density at radius 1 is 0.848 bits per heavy atom. The number of para-hydroxylation sites is 2. The molecule has 0 aliphatic heterocycles. The minimum Gasteiger partial charge on any atom is -0.352 e. The Kier molecular flexibility index (Phi) is 7.84. The minimum atomic E-state index is -3.88. The van der Waals surface area contributed by atoms with Crippen molar-refractivity contribution in [3.63, 3.8) is 0 Å². The molecular formula is C25H27N3O4S. The molecule has 2 amide bonds. The number of benzene rings is 3. The summed E-state index contributed by atoms with van der Waals surface area (Å²) in [5, 5.41) is 5.52. The maximum absolute atomic E-state index is 13.3. The van der Waals surface area contributed by atoms with E-state index >= 15 is 0 Å². The summed E-state index contributed by atoms with van der Waals surface area (Å²) in [5.41, 5.74) is 1.40. The van der Waals surface area contributed by atoms with Crippen LogP contribution in [0.4, 0.5) is 11.4 Å². The molecule has 0 unspecified atom stereocenters. The SMILES string of the molecule is CCCNC(=O)c1ccccc1NC(=O)c1cccc(S(=O)(=O)N(CC)c2ccccc2)c1. The molecule has 0 fully saturated rings. The molecule has 8 heteroatoms. The number of rotatable bonds is 9. The minimum absolute atomic E-state index is 0.00910. The molecule has 0 atom stereocenters. The van der Waals surface area contributed by atoms with Crippen molar-refractivity contribution in [2.75, 3.05) is 22.7 Å². The molecule has 0 saturated heterocycles. The van der Waals surface area contributed by atoms with Crippen LogP contribution in [-0.4, -0.2) is 33.3 Å². The van der Waals surface area contributed by atoms with Crippen LogP contribution >= 0.6 is 0 Å². The fourth-order valence-electron chi connectivity index (χ4n) is 3.33. The monoisotopic (exact) mass is 465 g/mol. The van der Waals surface area contributed by atoms with Crippen LogP contribution in [0.15, 0.2) is 83.8 Å². The second-order valence-electron chi connectivity index (χ2n) is 7.29. The summed E-state index contributed by atoms with van der Waals surface area (Å²) >= 11 is 0. The highest BCUT2D eigenvalue weighted by atomic mass is 32.2. The average Bonchev–Trinajstić information content (AvgIpc) is 2.84. The average molecular weight is 466 g/mol. The van der Waals surface area contributed by atoms with Crippen LogP contribution in [0, 0.1) is 0 Å². The Labute approximate surface area is 194 Å². The summed E-state index contributed by atoms with van der Waals surface area (Å²) in [5.74, 6) is -0.795. The second kappa shape index (κ2) is 10.8. The first kappa shape index (κ1) is 24.0. The van der Waals surface area contributed by atoms with Gasteiger partial charge in [-0.3, -0.25) is 13.9 Å². The van der Waals surface area contributed by atoms with Gasteiger partial charge in [-0.05, 0) is 55.8 Å². The molecule has 0 aromatic heterocycles. The fourth-order valence-corrected chi connectivity index (χ4v) is 4.85. The molecule has 0 heterocycles. The summed E-state index contributed by atoms with van der Waals surface area (Å²) in [6.45, 7) is 4.47. The zero-order chi connectivity index (χ0) is 23.8. The standard InChI is InChI=1S/C25H27N3O4S/c1-3-17-26-25(30)22-15-8-9-16-23(22)27-24(29)19-11-10-14-21(18-19)33(31,32)28(4-2)20-12-6-5-7-13-20/h5-16,18H,3-4,17H2,1-2H3,(H,26,30)(H,27,29). The van der Waals surface area contributed by atoms with Crippen molar-refractivity contribution in [1.82, 2.24) is 5.32 Å². The molecule has 3 rings (SSSR count). The van der Waals surface area contributed by atoms with Crippen molar-refractivity contribution in [2.24, 2.45) is 0 Å². The summed E-state index contributed by atoms with van der Waals surface area (Å²) < 4.78 is 27.9. The molecule has 0 bridgehead atoms. The smallest absolute Gasteiger partial charge is 0.264 e. The number of hydrogen-bond acceptors (Lipinski definition) is 4. The quantitative estimate of drug-likeness (QED) is 0.493. The molecule has 0 spiro atoms. The number of carbonyl (C=O) groups excluding carboxylic acids is 2. The van der Waals surface area contributed by atoms with Gasteiger partial charge in [0.1, 0.15) is 0 Å². The number of anilines is 2. The third-order valence-corrected chi connectivity index (χ3v) is 6.87. The highest BCUT2D eigenvalue weighted by Gasteiger charge is 2.24. The highest BCUT2D eigenvalue weighted by Crippen LogP contribution is 2.24. The summed E-state index contributed by atoms with van der Waals surface area (Å²) in [7, 11) is -3.88. The number of hydrogen-bond donors (Lipinski definition) is 2. The van der Waals surface area contributed by atoms with Gasteiger partial charge in [0.05, 0.1) is 21.8 Å². The lowest BCUT2D eigenvalue weighted by atomic mass is 10.1. The predicted octanol–water partition coefficient (Wildman–Crippen LogP) is 4.29. The lowest BCUT2D eigenvalue weighted by Crippen LogP contribution is -2.31. The third-order valence-electron chi connectivity index (χ3n) is 4.97. The summed E-state index contributed by atoms with van der Waals surface area (Å²) in [6.07, 6.45) is 0.791. The molecule has 0 saturated carbocycles. The van der Waals surface area contributed by atoms with E-state index in [4.69, 9.17) is 0 Å². The van der Waals surface area contributed by atoms with E-state index < -0.39 is 15.9 Å². The van der Waals surface area contributed by atoms with E-state index in [-0.39, 0.29) is 22.9 Å². The van der Waals surface area contributed by atoms with Gasteiger partial charge in [0.2, 0.25) is 0 Å². The van der Waals surface area contributed by atoms with Crippen LogP contribution < -0.4 is 14.9 Å². The van der Waals surface area contributed by atoms with Gasteiger partial charge >= 0.3 is 0 Å². The normalized spacial score (nSPS) is 11.0. The number of nitrogens with zero attached hydrogens (tertiary/aromatic N) is 1.